The van der Waals surface area contributed by atoms with Crippen molar-refractivity contribution in [3.63, 3.8) is 0 Å². The Kier molecular flexibility index (Phi) is 3.62. The summed E-state index contributed by atoms with van der Waals surface area (Å²) in [4.78, 5) is 15.1. The molecule has 0 unspecified atom stereocenters. The van der Waals surface area contributed by atoms with Crippen molar-refractivity contribution in [3.05, 3.63) is 52.1 Å². The number of ether oxygens (including phenoxy) is 1. The molecule has 0 saturated heterocycles. The third-order valence-corrected chi connectivity index (χ3v) is 2.77. The summed E-state index contributed by atoms with van der Waals surface area (Å²) in [6, 6.07) is 8.28. The number of carbonyl (C=O) groups is 1. The van der Waals surface area contributed by atoms with E-state index in [4.69, 9.17) is 9.84 Å². The predicted molar refractivity (Wildman–Crippen MR) is 70.1 cm³/mol. The molecule has 92 valence electrons. The molecule has 0 aliphatic carbocycles. The molecule has 5 heteroatoms. The zero-order chi connectivity index (χ0) is 13.1. The highest BCUT2D eigenvalue weighted by Gasteiger charge is 2.12. The van der Waals surface area contributed by atoms with Crippen molar-refractivity contribution >= 4 is 21.9 Å². The van der Waals surface area contributed by atoms with Gasteiger partial charge in [-0.15, -0.1) is 0 Å². The molecule has 0 bridgehead atoms. The van der Waals surface area contributed by atoms with Crippen LogP contribution in [-0.4, -0.2) is 16.1 Å². The molecule has 1 N–H and O–H groups in total. The second-order valence-corrected chi connectivity index (χ2v) is 4.64. The second kappa shape index (κ2) is 5.18. The molecule has 0 amide bonds. The van der Waals surface area contributed by atoms with Crippen LogP contribution in [0.15, 0.2) is 41.0 Å². The van der Waals surface area contributed by atoms with E-state index in [1.54, 1.807) is 24.4 Å². The van der Waals surface area contributed by atoms with Crippen molar-refractivity contribution in [1.29, 1.82) is 0 Å². The first-order valence-electron chi connectivity index (χ1n) is 5.19. The van der Waals surface area contributed by atoms with Gasteiger partial charge in [-0.3, -0.25) is 0 Å². The number of pyridine rings is 1. The summed E-state index contributed by atoms with van der Waals surface area (Å²) in [5.74, 6) is -0.418. The van der Waals surface area contributed by atoms with E-state index in [2.05, 4.69) is 20.9 Å². The monoisotopic (exact) mass is 307 g/mol. The number of rotatable bonds is 3. The van der Waals surface area contributed by atoms with Gasteiger partial charge < -0.3 is 9.84 Å². The van der Waals surface area contributed by atoms with Gasteiger partial charge in [0.05, 0.1) is 0 Å². The number of aryl methyl sites for hydroxylation is 1. The topological polar surface area (TPSA) is 59.4 Å². The lowest BCUT2D eigenvalue weighted by Crippen LogP contribution is -2.00. The standard InChI is InChI=1S/C13H10BrNO3/c1-8-2-5-12(15-7-8)18-11-6-9(14)3-4-10(11)13(16)17/h2-7H,1H3,(H,16,17). The van der Waals surface area contributed by atoms with E-state index in [1.807, 2.05) is 13.0 Å². The average Bonchev–Trinajstić information content (AvgIpc) is 2.32. The van der Waals surface area contributed by atoms with Gasteiger partial charge in [0, 0.05) is 16.7 Å². The first kappa shape index (κ1) is 12.6. The number of carboxylic acid groups (broad SMARTS) is 1. The molecule has 0 fully saturated rings. The summed E-state index contributed by atoms with van der Waals surface area (Å²) < 4.78 is 6.23. The van der Waals surface area contributed by atoms with E-state index >= 15 is 0 Å². The SMILES string of the molecule is Cc1ccc(Oc2cc(Br)ccc2C(=O)O)nc1. The minimum atomic E-state index is -1.04. The van der Waals surface area contributed by atoms with Gasteiger partial charge in [-0.2, -0.15) is 0 Å². The molecule has 2 rings (SSSR count). The fourth-order valence-electron chi connectivity index (χ4n) is 1.38. The van der Waals surface area contributed by atoms with Crippen molar-refractivity contribution in [2.45, 2.75) is 6.92 Å². The van der Waals surface area contributed by atoms with Crippen LogP contribution in [0.5, 0.6) is 11.6 Å². The molecule has 0 aliphatic rings. The minimum absolute atomic E-state index is 0.0978. The number of aromatic nitrogens is 1. The molecule has 0 aliphatic heterocycles. The molecular formula is C13H10BrNO3. The van der Waals surface area contributed by atoms with Gasteiger partial charge in [0.15, 0.2) is 0 Å². The lowest BCUT2D eigenvalue weighted by atomic mass is 10.2. The molecule has 1 aromatic heterocycles. The smallest absolute Gasteiger partial charge is 0.339 e. The maximum atomic E-state index is 11.1. The van der Waals surface area contributed by atoms with Gasteiger partial charge in [0.1, 0.15) is 11.3 Å². The molecule has 4 nitrogen and oxygen atoms in total. The van der Waals surface area contributed by atoms with Gasteiger partial charge in [-0.05, 0) is 30.7 Å². The highest BCUT2D eigenvalue weighted by atomic mass is 79.9. The van der Waals surface area contributed by atoms with Crippen LogP contribution < -0.4 is 4.74 Å². The average molecular weight is 308 g/mol. The largest absolute Gasteiger partial charge is 0.478 e. The Morgan fingerprint density at radius 2 is 2.11 bits per heavy atom. The first-order chi connectivity index (χ1) is 8.56. The molecule has 18 heavy (non-hydrogen) atoms. The van der Waals surface area contributed by atoms with Crippen LogP contribution in [0.25, 0.3) is 0 Å². The van der Waals surface area contributed by atoms with Gasteiger partial charge in [-0.1, -0.05) is 22.0 Å². The van der Waals surface area contributed by atoms with Crippen molar-refractivity contribution in [2.24, 2.45) is 0 Å². The highest BCUT2D eigenvalue weighted by Crippen LogP contribution is 2.27. The van der Waals surface area contributed by atoms with Crippen LogP contribution in [0.4, 0.5) is 0 Å². The molecule has 2 aromatic rings. The quantitative estimate of drug-likeness (QED) is 0.940. The highest BCUT2D eigenvalue weighted by molar-refractivity contribution is 9.10. The zero-order valence-electron chi connectivity index (χ0n) is 9.55. The van der Waals surface area contributed by atoms with Crippen molar-refractivity contribution in [3.8, 4) is 11.6 Å². The molecule has 0 atom stereocenters. The van der Waals surface area contributed by atoms with E-state index in [0.29, 0.717) is 5.88 Å². The van der Waals surface area contributed by atoms with E-state index in [-0.39, 0.29) is 11.3 Å². The van der Waals surface area contributed by atoms with Crippen molar-refractivity contribution < 1.29 is 14.6 Å². The Bertz CT molecular complexity index is 581. The minimum Gasteiger partial charge on any atom is -0.478 e. The Hall–Kier alpha value is -1.88. The Labute approximate surface area is 112 Å². The Balaban J connectivity index is 2.35. The Morgan fingerprint density at radius 1 is 1.33 bits per heavy atom. The maximum Gasteiger partial charge on any atom is 0.339 e. The maximum absolute atomic E-state index is 11.1. The first-order valence-corrected chi connectivity index (χ1v) is 5.99. The molecular weight excluding hydrogens is 298 g/mol. The molecule has 0 saturated carbocycles. The van der Waals surface area contributed by atoms with Gasteiger partial charge in [0.2, 0.25) is 5.88 Å². The number of nitrogens with zero attached hydrogens (tertiary/aromatic N) is 1. The third kappa shape index (κ3) is 2.87. The summed E-state index contributed by atoms with van der Waals surface area (Å²) in [6.07, 6.45) is 1.66. The number of hydrogen-bond acceptors (Lipinski definition) is 3. The van der Waals surface area contributed by atoms with Crippen LogP contribution in [-0.2, 0) is 0 Å². The summed E-state index contributed by atoms with van der Waals surface area (Å²) in [5.41, 5.74) is 1.11. The van der Waals surface area contributed by atoms with Crippen LogP contribution in [0, 0.1) is 6.92 Å². The van der Waals surface area contributed by atoms with Crippen molar-refractivity contribution in [1.82, 2.24) is 4.98 Å². The van der Waals surface area contributed by atoms with E-state index in [1.165, 1.54) is 6.07 Å². The molecule has 0 radical (unpaired) electrons. The van der Waals surface area contributed by atoms with Gasteiger partial charge >= 0.3 is 5.97 Å². The normalized spacial score (nSPS) is 10.1. The van der Waals surface area contributed by atoms with E-state index in [0.717, 1.165) is 10.0 Å². The van der Waals surface area contributed by atoms with Gasteiger partial charge in [-0.25, -0.2) is 9.78 Å². The van der Waals surface area contributed by atoms with Crippen LogP contribution >= 0.6 is 15.9 Å². The van der Waals surface area contributed by atoms with Crippen LogP contribution in [0.3, 0.4) is 0 Å². The number of aromatic carboxylic acids is 1. The van der Waals surface area contributed by atoms with Crippen molar-refractivity contribution in [2.75, 3.05) is 0 Å². The number of halogens is 1. The fourth-order valence-corrected chi connectivity index (χ4v) is 1.72. The van der Waals surface area contributed by atoms with Crippen LogP contribution in [0.1, 0.15) is 15.9 Å². The second-order valence-electron chi connectivity index (χ2n) is 3.72. The third-order valence-electron chi connectivity index (χ3n) is 2.27. The summed E-state index contributed by atoms with van der Waals surface area (Å²) in [7, 11) is 0. The van der Waals surface area contributed by atoms with E-state index < -0.39 is 5.97 Å². The summed E-state index contributed by atoms with van der Waals surface area (Å²) in [5, 5.41) is 9.06. The summed E-state index contributed by atoms with van der Waals surface area (Å²) >= 11 is 3.28. The number of carboxylic acids is 1. The summed E-state index contributed by atoms with van der Waals surface area (Å²) in [6.45, 7) is 1.92. The van der Waals surface area contributed by atoms with E-state index in [9.17, 15) is 4.79 Å². The molecule has 1 heterocycles. The van der Waals surface area contributed by atoms with Gasteiger partial charge in [0.25, 0.3) is 0 Å². The lowest BCUT2D eigenvalue weighted by molar-refractivity contribution is 0.0694. The zero-order valence-corrected chi connectivity index (χ0v) is 11.1. The lowest BCUT2D eigenvalue weighted by Gasteiger charge is -2.08. The fraction of sp³-hybridized carbons (Fsp3) is 0.0769. The predicted octanol–water partition coefficient (Wildman–Crippen LogP) is 3.64. The number of hydrogen-bond donors (Lipinski definition) is 1. The molecule has 1 aromatic carbocycles. The Morgan fingerprint density at radius 3 is 2.72 bits per heavy atom. The van der Waals surface area contributed by atoms with Crippen LogP contribution in [0.2, 0.25) is 0 Å². The number of benzene rings is 1. The molecule has 0 spiro atoms.